The topological polar surface area (TPSA) is 66.9 Å². The number of nitrogens with one attached hydrogen (secondary N) is 2. The van der Waals surface area contributed by atoms with Crippen LogP contribution in [0.2, 0.25) is 0 Å². The van der Waals surface area contributed by atoms with E-state index in [2.05, 4.69) is 39.0 Å². The Morgan fingerprint density at radius 3 is 2.91 bits per heavy atom. The first-order valence-electron chi connectivity index (χ1n) is 7.60. The minimum absolute atomic E-state index is 0.0430. The minimum Gasteiger partial charge on any atom is -0.317 e. The summed E-state index contributed by atoms with van der Waals surface area (Å²) in [4.78, 5) is 12.1. The predicted molar refractivity (Wildman–Crippen MR) is 88.3 cm³/mol. The maximum atomic E-state index is 12.1. The van der Waals surface area contributed by atoms with Crippen LogP contribution in [0.25, 0.3) is 0 Å². The van der Waals surface area contributed by atoms with Crippen molar-refractivity contribution in [2.24, 2.45) is 0 Å². The molecule has 2 N–H and O–H groups in total. The van der Waals surface area contributed by atoms with Gasteiger partial charge in [-0.25, -0.2) is 0 Å². The highest BCUT2D eigenvalue weighted by molar-refractivity contribution is 7.15. The van der Waals surface area contributed by atoms with Gasteiger partial charge in [-0.3, -0.25) is 4.79 Å². The standard InChI is InChI=1S/C16H20N4OS/c1-11-19-20-16(22-11)18-15(21)10-12-3-2-4-14(9-12)13-5-7-17-8-6-13/h2-4,9,13,17H,5-8,10H2,1H3,(H,18,20,21). The van der Waals surface area contributed by atoms with E-state index >= 15 is 0 Å². The third kappa shape index (κ3) is 3.90. The van der Waals surface area contributed by atoms with Gasteiger partial charge in [-0.2, -0.15) is 0 Å². The van der Waals surface area contributed by atoms with Crippen molar-refractivity contribution in [3.63, 3.8) is 0 Å². The molecule has 2 heterocycles. The van der Waals surface area contributed by atoms with Crippen LogP contribution in [-0.2, 0) is 11.2 Å². The molecular formula is C16H20N4OS. The highest BCUT2D eigenvalue weighted by Crippen LogP contribution is 2.26. The van der Waals surface area contributed by atoms with Crippen molar-refractivity contribution in [3.8, 4) is 0 Å². The molecule has 0 radical (unpaired) electrons. The molecule has 1 fully saturated rings. The number of rotatable bonds is 4. The summed E-state index contributed by atoms with van der Waals surface area (Å²) < 4.78 is 0. The van der Waals surface area contributed by atoms with Crippen LogP contribution in [0.5, 0.6) is 0 Å². The smallest absolute Gasteiger partial charge is 0.230 e. The van der Waals surface area contributed by atoms with Crippen LogP contribution in [0, 0.1) is 6.92 Å². The molecule has 116 valence electrons. The molecule has 2 aromatic rings. The van der Waals surface area contributed by atoms with Crippen LogP contribution in [0.15, 0.2) is 24.3 Å². The molecule has 0 aliphatic carbocycles. The number of amides is 1. The van der Waals surface area contributed by atoms with E-state index in [1.165, 1.54) is 29.7 Å². The van der Waals surface area contributed by atoms with Gasteiger partial charge in [-0.15, -0.1) is 10.2 Å². The Labute approximate surface area is 134 Å². The van der Waals surface area contributed by atoms with Crippen molar-refractivity contribution in [1.29, 1.82) is 0 Å². The summed E-state index contributed by atoms with van der Waals surface area (Å²) in [6.07, 6.45) is 2.71. The average Bonchev–Trinajstić information content (AvgIpc) is 2.93. The largest absolute Gasteiger partial charge is 0.317 e. The molecule has 0 spiro atoms. The lowest BCUT2D eigenvalue weighted by atomic mass is 9.89. The average molecular weight is 316 g/mol. The first-order valence-corrected chi connectivity index (χ1v) is 8.42. The second-order valence-corrected chi connectivity index (χ2v) is 6.80. The van der Waals surface area contributed by atoms with E-state index in [1.54, 1.807) is 0 Å². The summed E-state index contributed by atoms with van der Waals surface area (Å²) in [7, 11) is 0. The van der Waals surface area contributed by atoms with Crippen LogP contribution >= 0.6 is 11.3 Å². The zero-order valence-electron chi connectivity index (χ0n) is 12.6. The Balaban J connectivity index is 1.63. The molecule has 5 nitrogen and oxygen atoms in total. The number of carbonyl (C=O) groups is 1. The molecule has 1 aromatic heterocycles. The fourth-order valence-electron chi connectivity index (χ4n) is 2.81. The van der Waals surface area contributed by atoms with Gasteiger partial charge < -0.3 is 10.6 Å². The van der Waals surface area contributed by atoms with Crippen LogP contribution in [-0.4, -0.2) is 29.2 Å². The van der Waals surface area contributed by atoms with Crippen molar-refractivity contribution < 1.29 is 4.79 Å². The molecule has 1 aliphatic heterocycles. The molecule has 6 heteroatoms. The molecule has 3 rings (SSSR count). The SMILES string of the molecule is Cc1nnc(NC(=O)Cc2cccc(C3CCNCC3)c2)s1. The van der Waals surface area contributed by atoms with E-state index in [0.29, 0.717) is 17.5 Å². The monoisotopic (exact) mass is 316 g/mol. The van der Waals surface area contributed by atoms with Crippen LogP contribution < -0.4 is 10.6 Å². The molecule has 0 unspecified atom stereocenters. The fraction of sp³-hybridized carbons (Fsp3) is 0.438. The summed E-state index contributed by atoms with van der Waals surface area (Å²) >= 11 is 1.39. The Hall–Kier alpha value is -1.79. The summed E-state index contributed by atoms with van der Waals surface area (Å²) in [5, 5.41) is 15.4. The van der Waals surface area contributed by atoms with E-state index in [4.69, 9.17) is 0 Å². The number of hydrogen-bond donors (Lipinski definition) is 2. The van der Waals surface area contributed by atoms with Gasteiger partial charge in [-0.1, -0.05) is 35.6 Å². The molecule has 1 amide bonds. The van der Waals surface area contributed by atoms with Crippen LogP contribution in [0.1, 0.15) is 34.9 Å². The molecule has 0 bridgehead atoms. The lowest BCUT2D eigenvalue weighted by Gasteiger charge is -2.23. The summed E-state index contributed by atoms with van der Waals surface area (Å²) in [5.41, 5.74) is 2.40. The van der Waals surface area contributed by atoms with Crippen molar-refractivity contribution in [2.45, 2.75) is 32.1 Å². The minimum atomic E-state index is -0.0430. The number of carbonyl (C=O) groups excluding carboxylic acids is 1. The fourth-order valence-corrected chi connectivity index (χ4v) is 3.42. The maximum Gasteiger partial charge on any atom is 0.230 e. The van der Waals surface area contributed by atoms with Gasteiger partial charge in [0.05, 0.1) is 6.42 Å². The Kier molecular flexibility index (Phi) is 4.80. The summed E-state index contributed by atoms with van der Waals surface area (Å²) in [6.45, 7) is 4.02. The Bertz CT molecular complexity index is 649. The van der Waals surface area contributed by atoms with Gasteiger partial charge in [0.2, 0.25) is 11.0 Å². The quantitative estimate of drug-likeness (QED) is 0.909. The molecule has 22 heavy (non-hydrogen) atoms. The zero-order chi connectivity index (χ0) is 15.4. The number of nitrogens with zero attached hydrogens (tertiary/aromatic N) is 2. The van der Waals surface area contributed by atoms with E-state index in [1.807, 2.05) is 13.0 Å². The van der Waals surface area contributed by atoms with Gasteiger partial charge in [0.15, 0.2) is 0 Å². The number of hydrogen-bond acceptors (Lipinski definition) is 5. The zero-order valence-corrected chi connectivity index (χ0v) is 13.4. The summed E-state index contributed by atoms with van der Waals surface area (Å²) in [5.74, 6) is 0.564. The Morgan fingerprint density at radius 1 is 1.36 bits per heavy atom. The number of piperidine rings is 1. The first kappa shape index (κ1) is 15.1. The number of benzene rings is 1. The van der Waals surface area contributed by atoms with Crippen molar-refractivity contribution >= 4 is 22.4 Å². The van der Waals surface area contributed by atoms with Gasteiger partial charge in [0, 0.05) is 0 Å². The van der Waals surface area contributed by atoms with Gasteiger partial charge in [-0.05, 0) is 49.9 Å². The highest BCUT2D eigenvalue weighted by atomic mass is 32.1. The third-order valence-corrected chi connectivity index (χ3v) is 4.65. The van der Waals surface area contributed by atoms with Gasteiger partial charge >= 0.3 is 0 Å². The van der Waals surface area contributed by atoms with E-state index in [-0.39, 0.29) is 5.91 Å². The maximum absolute atomic E-state index is 12.1. The Morgan fingerprint density at radius 2 is 2.18 bits per heavy atom. The van der Waals surface area contributed by atoms with Crippen LogP contribution in [0.3, 0.4) is 0 Å². The summed E-state index contributed by atoms with van der Waals surface area (Å²) in [6, 6.07) is 8.40. The van der Waals surface area contributed by atoms with Gasteiger partial charge in [0.1, 0.15) is 5.01 Å². The number of aromatic nitrogens is 2. The number of anilines is 1. The number of aryl methyl sites for hydroxylation is 1. The normalized spacial score (nSPS) is 15.7. The first-order chi connectivity index (χ1) is 10.7. The van der Waals surface area contributed by atoms with Crippen molar-refractivity contribution in [3.05, 3.63) is 40.4 Å². The van der Waals surface area contributed by atoms with Gasteiger partial charge in [0.25, 0.3) is 0 Å². The second-order valence-electron chi connectivity index (χ2n) is 5.62. The molecule has 1 saturated heterocycles. The van der Waals surface area contributed by atoms with E-state index < -0.39 is 0 Å². The van der Waals surface area contributed by atoms with Crippen molar-refractivity contribution in [1.82, 2.24) is 15.5 Å². The lowest BCUT2D eigenvalue weighted by Crippen LogP contribution is -2.26. The van der Waals surface area contributed by atoms with Crippen molar-refractivity contribution in [2.75, 3.05) is 18.4 Å². The molecule has 1 aromatic carbocycles. The van der Waals surface area contributed by atoms with E-state index in [0.717, 1.165) is 23.7 Å². The third-order valence-electron chi connectivity index (χ3n) is 3.90. The highest BCUT2D eigenvalue weighted by Gasteiger charge is 2.16. The lowest BCUT2D eigenvalue weighted by molar-refractivity contribution is -0.115. The molecule has 0 saturated carbocycles. The molecule has 1 aliphatic rings. The second kappa shape index (κ2) is 6.98. The van der Waals surface area contributed by atoms with E-state index in [9.17, 15) is 4.79 Å². The molecular weight excluding hydrogens is 296 g/mol. The van der Waals surface area contributed by atoms with Crippen LogP contribution in [0.4, 0.5) is 5.13 Å². The predicted octanol–water partition coefficient (Wildman–Crippen LogP) is 2.49. The molecule has 0 atom stereocenters.